The van der Waals surface area contributed by atoms with Crippen molar-refractivity contribution >= 4 is 21.8 Å². The molecule has 0 aromatic heterocycles. The van der Waals surface area contributed by atoms with Crippen molar-refractivity contribution in [1.29, 1.82) is 0 Å². The van der Waals surface area contributed by atoms with E-state index < -0.39 is 17.5 Å². The van der Waals surface area contributed by atoms with Crippen LogP contribution in [0.5, 0.6) is 0 Å². The fourth-order valence-electron chi connectivity index (χ4n) is 2.25. The highest BCUT2D eigenvalue weighted by molar-refractivity contribution is 9.10. The lowest BCUT2D eigenvalue weighted by Gasteiger charge is -2.29. The summed E-state index contributed by atoms with van der Waals surface area (Å²) in [5.41, 5.74) is -1.56. The molecule has 3 nitrogen and oxygen atoms in total. The second-order valence-corrected chi connectivity index (χ2v) is 5.73. The van der Waals surface area contributed by atoms with E-state index in [9.17, 15) is 18.0 Å². The number of benzene rings is 1. The number of carbonyl (C=O) groups excluding carboxylic acids is 1. The lowest BCUT2D eigenvalue weighted by Crippen LogP contribution is -2.52. The molecule has 110 valence electrons. The maximum absolute atomic E-state index is 13.1. The van der Waals surface area contributed by atoms with E-state index in [1.807, 2.05) is 6.07 Å². The van der Waals surface area contributed by atoms with E-state index >= 15 is 0 Å². The van der Waals surface area contributed by atoms with Crippen LogP contribution < -0.4 is 10.6 Å². The molecule has 0 aliphatic carbocycles. The van der Waals surface area contributed by atoms with Gasteiger partial charge in [-0.05, 0) is 30.7 Å². The molecule has 1 aromatic rings. The monoisotopic (exact) mass is 350 g/mol. The van der Waals surface area contributed by atoms with Crippen LogP contribution in [0, 0.1) is 5.41 Å². The van der Waals surface area contributed by atoms with Crippen molar-refractivity contribution in [1.82, 2.24) is 10.6 Å². The summed E-state index contributed by atoms with van der Waals surface area (Å²) in [5, 5.41) is 5.02. The first-order valence-electron chi connectivity index (χ1n) is 6.15. The van der Waals surface area contributed by atoms with Crippen molar-refractivity contribution in [3.8, 4) is 0 Å². The Morgan fingerprint density at radius 1 is 1.45 bits per heavy atom. The molecule has 1 atom stereocenters. The highest BCUT2D eigenvalue weighted by Gasteiger charge is 2.61. The summed E-state index contributed by atoms with van der Waals surface area (Å²) >= 11 is 3.28. The van der Waals surface area contributed by atoms with Crippen LogP contribution in [0.3, 0.4) is 0 Å². The standard InChI is InChI=1S/C13H14BrF3N2O/c14-10-3-1-2-9(6-10)7-19-11(20)12(13(15,16)17)4-5-18-8-12/h1-3,6,18H,4-5,7-8H2,(H,19,20). The van der Waals surface area contributed by atoms with Crippen LogP contribution in [-0.2, 0) is 11.3 Å². The molecule has 0 radical (unpaired) electrons. The zero-order valence-electron chi connectivity index (χ0n) is 10.6. The van der Waals surface area contributed by atoms with Crippen LogP contribution in [-0.4, -0.2) is 25.2 Å². The number of hydrogen-bond acceptors (Lipinski definition) is 2. The van der Waals surface area contributed by atoms with Crippen molar-refractivity contribution in [2.75, 3.05) is 13.1 Å². The van der Waals surface area contributed by atoms with E-state index in [-0.39, 0.29) is 26.1 Å². The summed E-state index contributed by atoms with van der Waals surface area (Å²) in [5.74, 6) is -0.963. The maximum Gasteiger partial charge on any atom is 0.404 e. The van der Waals surface area contributed by atoms with Crippen LogP contribution in [0.25, 0.3) is 0 Å². The Kier molecular flexibility index (Phi) is 4.39. The van der Waals surface area contributed by atoms with Gasteiger partial charge in [-0.25, -0.2) is 0 Å². The van der Waals surface area contributed by atoms with Gasteiger partial charge in [0.15, 0.2) is 5.41 Å². The molecule has 0 spiro atoms. The normalized spacial score (nSPS) is 22.8. The quantitative estimate of drug-likeness (QED) is 0.879. The molecule has 7 heteroatoms. The number of hydrogen-bond donors (Lipinski definition) is 2. The minimum Gasteiger partial charge on any atom is -0.351 e. The van der Waals surface area contributed by atoms with Gasteiger partial charge in [0.1, 0.15) is 0 Å². The average molecular weight is 351 g/mol. The number of alkyl halides is 3. The highest BCUT2D eigenvalue weighted by atomic mass is 79.9. The van der Waals surface area contributed by atoms with Crippen molar-refractivity contribution in [2.45, 2.75) is 19.1 Å². The van der Waals surface area contributed by atoms with E-state index in [1.165, 1.54) is 0 Å². The molecule has 2 rings (SSSR count). The summed E-state index contributed by atoms with van der Waals surface area (Å²) in [4.78, 5) is 12.0. The van der Waals surface area contributed by atoms with Gasteiger partial charge in [0.25, 0.3) is 0 Å². The molecule has 1 fully saturated rings. The first-order valence-corrected chi connectivity index (χ1v) is 6.95. The third kappa shape index (κ3) is 2.98. The van der Waals surface area contributed by atoms with Crippen LogP contribution in [0.15, 0.2) is 28.7 Å². The van der Waals surface area contributed by atoms with Gasteiger partial charge in [-0.3, -0.25) is 4.79 Å². The van der Waals surface area contributed by atoms with Crippen molar-refractivity contribution in [3.05, 3.63) is 34.3 Å². The smallest absolute Gasteiger partial charge is 0.351 e. The number of carbonyl (C=O) groups is 1. The van der Waals surface area contributed by atoms with Crippen LogP contribution >= 0.6 is 15.9 Å². The molecular formula is C13H14BrF3N2O. The van der Waals surface area contributed by atoms with Crippen LogP contribution in [0.1, 0.15) is 12.0 Å². The zero-order valence-corrected chi connectivity index (χ0v) is 12.1. The van der Waals surface area contributed by atoms with Crippen molar-refractivity contribution in [3.63, 3.8) is 0 Å². The molecular weight excluding hydrogens is 337 g/mol. The van der Waals surface area contributed by atoms with Gasteiger partial charge in [-0.2, -0.15) is 13.2 Å². The fraction of sp³-hybridized carbons (Fsp3) is 0.462. The molecule has 0 saturated carbocycles. The van der Waals surface area contributed by atoms with Gasteiger partial charge in [0.05, 0.1) is 0 Å². The Labute approximate surface area is 123 Å². The van der Waals surface area contributed by atoms with E-state index in [2.05, 4.69) is 26.6 Å². The summed E-state index contributed by atoms with van der Waals surface area (Å²) in [6.07, 6.45) is -4.77. The van der Waals surface area contributed by atoms with Gasteiger partial charge in [-0.1, -0.05) is 28.1 Å². The van der Waals surface area contributed by atoms with E-state index in [1.54, 1.807) is 18.2 Å². The molecule has 1 aliphatic rings. The van der Waals surface area contributed by atoms with Gasteiger partial charge in [0, 0.05) is 17.6 Å². The maximum atomic E-state index is 13.1. The Morgan fingerprint density at radius 3 is 2.75 bits per heavy atom. The molecule has 1 aromatic carbocycles. The van der Waals surface area contributed by atoms with Crippen LogP contribution in [0.2, 0.25) is 0 Å². The van der Waals surface area contributed by atoms with Gasteiger partial charge in [0.2, 0.25) is 5.91 Å². The molecule has 20 heavy (non-hydrogen) atoms. The Morgan fingerprint density at radius 2 is 2.20 bits per heavy atom. The Balaban J connectivity index is 2.07. The first-order chi connectivity index (χ1) is 9.35. The second kappa shape index (κ2) is 5.73. The van der Waals surface area contributed by atoms with Crippen LogP contribution in [0.4, 0.5) is 13.2 Å². The Bertz CT molecular complexity index is 499. The van der Waals surface area contributed by atoms with Crippen molar-refractivity contribution < 1.29 is 18.0 Å². The first kappa shape index (κ1) is 15.3. The highest BCUT2D eigenvalue weighted by Crippen LogP contribution is 2.43. The molecule has 1 saturated heterocycles. The summed E-state index contributed by atoms with van der Waals surface area (Å²) < 4.78 is 40.3. The van der Waals surface area contributed by atoms with E-state index in [4.69, 9.17) is 0 Å². The largest absolute Gasteiger partial charge is 0.404 e. The predicted octanol–water partition coefficient (Wildman–Crippen LogP) is 2.61. The molecule has 1 aliphatic heterocycles. The molecule has 2 N–H and O–H groups in total. The van der Waals surface area contributed by atoms with E-state index in [0.717, 1.165) is 10.0 Å². The third-order valence-corrected chi connectivity index (χ3v) is 3.97. The fourth-order valence-corrected chi connectivity index (χ4v) is 2.70. The summed E-state index contributed by atoms with van der Waals surface area (Å²) in [6.45, 7) is -0.0826. The number of halogens is 4. The molecule has 1 amide bonds. The lowest BCUT2D eigenvalue weighted by atomic mass is 9.85. The Hall–Kier alpha value is -1.08. The van der Waals surface area contributed by atoms with Gasteiger partial charge < -0.3 is 10.6 Å². The molecule has 1 heterocycles. The van der Waals surface area contributed by atoms with Gasteiger partial charge >= 0.3 is 6.18 Å². The van der Waals surface area contributed by atoms with Gasteiger partial charge in [-0.15, -0.1) is 0 Å². The molecule has 0 bridgehead atoms. The number of amides is 1. The average Bonchev–Trinajstić information content (AvgIpc) is 2.86. The summed E-state index contributed by atoms with van der Waals surface area (Å²) in [7, 11) is 0. The minimum absolute atomic E-state index is 0.0795. The third-order valence-electron chi connectivity index (χ3n) is 3.47. The second-order valence-electron chi connectivity index (χ2n) is 4.82. The minimum atomic E-state index is -4.54. The summed E-state index contributed by atoms with van der Waals surface area (Å²) in [6, 6.07) is 7.08. The topological polar surface area (TPSA) is 41.1 Å². The number of rotatable bonds is 3. The van der Waals surface area contributed by atoms with Crippen molar-refractivity contribution in [2.24, 2.45) is 5.41 Å². The molecule has 1 unspecified atom stereocenters. The predicted molar refractivity (Wildman–Crippen MR) is 72.0 cm³/mol. The zero-order chi connectivity index (χ0) is 14.8. The SMILES string of the molecule is O=C(NCc1cccc(Br)c1)C1(C(F)(F)F)CCNC1. The van der Waals surface area contributed by atoms with E-state index in [0.29, 0.717) is 0 Å². The number of nitrogens with one attached hydrogen (secondary N) is 2. The lowest BCUT2D eigenvalue weighted by molar-refractivity contribution is -0.216.